The molecule has 0 aliphatic heterocycles. The van der Waals surface area contributed by atoms with E-state index < -0.39 is 0 Å². The summed E-state index contributed by atoms with van der Waals surface area (Å²) in [7, 11) is 3.81. The zero-order valence-electron chi connectivity index (χ0n) is 13.4. The van der Waals surface area contributed by atoms with Crippen LogP contribution in [0.3, 0.4) is 0 Å². The molecule has 3 heterocycles. The lowest BCUT2D eigenvalue weighted by atomic mass is 10.1. The molecule has 0 saturated carbocycles. The second kappa shape index (κ2) is 6.17. The lowest BCUT2D eigenvalue weighted by molar-refractivity contribution is 0.241. The molecule has 0 spiro atoms. The third-order valence-corrected chi connectivity index (χ3v) is 4.37. The van der Waals surface area contributed by atoms with E-state index in [4.69, 9.17) is 20.6 Å². The van der Waals surface area contributed by atoms with E-state index in [2.05, 4.69) is 27.2 Å². The van der Waals surface area contributed by atoms with Crippen LogP contribution in [0.1, 0.15) is 30.0 Å². The van der Waals surface area contributed by atoms with E-state index in [-0.39, 0.29) is 6.04 Å². The van der Waals surface area contributed by atoms with Crippen LogP contribution in [0.15, 0.2) is 27.4 Å². The fraction of sp³-hybridized carbons (Fsp3) is 0.400. The lowest BCUT2D eigenvalue weighted by Gasteiger charge is -2.22. The summed E-state index contributed by atoms with van der Waals surface area (Å²) in [5.41, 5.74) is 3.18. The van der Waals surface area contributed by atoms with Crippen LogP contribution in [0.4, 0.5) is 0 Å². The van der Waals surface area contributed by atoms with E-state index in [1.807, 2.05) is 33.2 Å². The van der Waals surface area contributed by atoms with Gasteiger partial charge in [-0.2, -0.15) is 5.10 Å². The Bertz CT molecular complexity index is 793. The van der Waals surface area contributed by atoms with Gasteiger partial charge in [0.15, 0.2) is 0 Å². The van der Waals surface area contributed by atoms with Crippen molar-refractivity contribution in [2.75, 3.05) is 7.05 Å². The molecule has 0 fully saturated rings. The van der Waals surface area contributed by atoms with Crippen molar-refractivity contribution in [3.05, 3.63) is 40.6 Å². The molecule has 0 aromatic carbocycles. The molecule has 0 unspecified atom stereocenters. The van der Waals surface area contributed by atoms with Crippen molar-refractivity contribution in [1.82, 2.24) is 25.0 Å². The first kappa shape index (κ1) is 15.8. The summed E-state index contributed by atoms with van der Waals surface area (Å²) >= 11 is 6.43. The molecule has 0 N–H and O–H groups in total. The molecule has 1 atom stereocenters. The van der Waals surface area contributed by atoms with Gasteiger partial charge in [-0.15, -0.1) is 0 Å². The van der Waals surface area contributed by atoms with E-state index in [0.717, 1.165) is 22.7 Å². The number of aryl methyl sites for hydroxylation is 2. The van der Waals surface area contributed by atoms with Gasteiger partial charge in [0.2, 0.25) is 0 Å². The predicted octanol–water partition coefficient (Wildman–Crippen LogP) is 3.22. The third kappa shape index (κ3) is 3.02. The highest BCUT2D eigenvalue weighted by Gasteiger charge is 2.23. The van der Waals surface area contributed by atoms with Crippen LogP contribution in [-0.2, 0) is 13.6 Å². The van der Waals surface area contributed by atoms with Crippen LogP contribution >= 0.6 is 11.6 Å². The molecule has 3 rings (SSSR count). The van der Waals surface area contributed by atoms with Crippen molar-refractivity contribution in [2.45, 2.75) is 26.4 Å². The van der Waals surface area contributed by atoms with Crippen molar-refractivity contribution in [3.63, 3.8) is 0 Å². The zero-order valence-corrected chi connectivity index (χ0v) is 14.2. The summed E-state index contributed by atoms with van der Waals surface area (Å²) < 4.78 is 11.7. The second-order valence-electron chi connectivity index (χ2n) is 5.58. The Morgan fingerprint density at radius 1 is 1.39 bits per heavy atom. The summed E-state index contributed by atoms with van der Waals surface area (Å²) in [6, 6.07) is 3.79. The first-order valence-electron chi connectivity index (χ1n) is 7.23. The first-order valence-corrected chi connectivity index (χ1v) is 7.60. The Kier molecular flexibility index (Phi) is 4.23. The maximum Gasteiger partial charge on any atom is 0.134 e. The molecule has 8 heteroatoms. The Morgan fingerprint density at radius 3 is 2.78 bits per heavy atom. The Labute approximate surface area is 138 Å². The largest absolute Gasteiger partial charge is 0.364 e. The molecular weight excluding hydrogens is 318 g/mol. The van der Waals surface area contributed by atoms with Gasteiger partial charge < -0.3 is 9.05 Å². The number of hydrogen-bond acceptors (Lipinski definition) is 6. The number of halogens is 1. The Balaban J connectivity index is 1.90. The van der Waals surface area contributed by atoms with Gasteiger partial charge in [-0.25, -0.2) is 0 Å². The van der Waals surface area contributed by atoms with Crippen LogP contribution in [-0.4, -0.2) is 32.0 Å². The summed E-state index contributed by atoms with van der Waals surface area (Å²) in [6.45, 7) is 4.50. The molecule has 0 saturated heterocycles. The number of nitrogens with zero attached hydrogens (tertiary/aromatic N) is 5. The number of rotatable bonds is 5. The average molecular weight is 336 g/mol. The molecule has 0 aliphatic carbocycles. The fourth-order valence-electron chi connectivity index (χ4n) is 2.42. The molecule has 3 aromatic rings. The summed E-state index contributed by atoms with van der Waals surface area (Å²) in [6.07, 6.45) is 1.57. The van der Waals surface area contributed by atoms with Gasteiger partial charge in [-0.1, -0.05) is 21.9 Å². The Hall–Kier alpha value is -2.12. The van der Waals surface area contributed by atoms with Crippen LogP contribution in [0.5, 0.6) is 0 Å². The highest BCUT2D eigenvalue weighted by molar-refractivity contribution is 6.30. The van der Waals surface area contributed by atoms with Gasteiger partial charge >= 0.3 is 0 Å². The van der Waals surface area contributed by atoms with Gasteiger partial charge in [0.25, 0.3) is 0 Å². The minimum atomic E-state index is 0.0805. The van der Waals surface area contributed by atoms with Crippen molar-refractivity contribution in [3.8, 4) is 11.4 Å². The van der Waals surface area contributed by atoms with Crippen LogP contribution in [0, 0.1) is 6.92 Å². The van der Waals surface area contributed by atoms with Crippen molar-refractivity contribution in [2.24, 2.45) is 7.05 Å². The summed E-state index contributed by atoms with van der Waals surface area (Å²) in [5, 5.41) is 13.1. The standard InChI is InChI=1S/C15H18ClN5O2/c1-9-7-13(19-23-9)14-11(15(16)21(4)17-14)8-20(3)10(2)12-5-6-22-18-12/h5-7,10H,8H2,1-4H3/t10-/m0/s1. The SMILES string of the molecule is Cc1cc(-c2nn(C)c(Cl)c2CN(C)[C@@H](C)c2ccon2)no1. The minimum absolute atomic E-state index is 0.0805. The highest BCUT2D eigenvalue weighted by Crippen LogP contribution is 2.30. The van der Waals surface area contributed by atoms with Crippen molar-refractivity contribution >= 4 is 11.6 Å². The van der Waals surface area contributed by atoms with Gasteiger partial charge in [0.05, 0.1) is 6.04 Å². The molecule has 0 amide bonds. The molecule has 23 heavy (non-hydrogen) atoms. The van der Waals surface area contributed by atoms with E-state index in [0.29, 0.717) is 17.4 Å². The van der Waals surface area contributed by atoms with Crippen LogP contribution in [0.25, 0.3) is 11.4 Å². The van der Waals surface area contributed by atoms with E-state index in [1.54, 1.807) is 10.9 Å². The average Bonchev–Trinajstić information content (AvgIpc) is 3.24. The predicted molar refractivity (Wildman–Crippen MR) is 84.8 cm³/mol. The van der Waals surface area contributed by atoms with Gasteiger partial charge in [-0.05, 0) is 20.9 Å². The van der Waals surface area contributed by atoms with Crippen LogP contribution in [0.2, 0.25) is 5.15 Å². The molecule has 3 aromatic heterocycles. The second-order valence-corrected chi connectivity index (χ2v) is 5.94. The Morgan fingerprint density at radius 2 is 2.17 bits per heavy atom. The maximum atomic E-state index is 6.43. The van der Waals surface area contributed by atoms with E-state index in [1.165, 1.54) is 0 Å². The zero-order chi connectivity index (χ0) is 16.6. The summed E-state index contributed by atoms with van der Waals surface area (Å²) in [5.74, 6) is 0.733. The molecular formula is C15H18ClN5O2. The van der Waals surface area contributed by atoms with Gasteiger partial charge in [0.1, 0.15) is 34.3 Å². The van der Waals surface area contributed by atoms with Crippen molar-refractivity contribution in [1.29, 1.82) is 0 Å². The quantitative estimate of drug-likeness (QED) is 0.712. The molecule has 122 valence electrons. The van der Waals surface area contributed by atoms with Crippen LogP contribution < -0.4 is 0 Å². The normalized spacial score (nSPS) is 13.0. The first-order chi connectivity index (χ1) is 11.0. The topological polar surface area (TPSA) is 73.1 Å². The third-order valence-electron chi connectivity index (χ3n) is 3.89. The molecule has 7 nitrogen and oxygen atoms in total. The fourth-order valence-corrected chi connectivity index (χ4v) is 2.61. The molecule has 0 radical (unpaired) electrons. The van der Waals surface area contributed by atoms with Gasteiger partial charge in [-0.3, -0.25) is 9.58 Å². The van der Waals surface area contributed by atoms with E-state index >= 15 is 0 Å². The number of aromatic nitrogens is 4. The lowest BCUT2D eigenvalue weighted by Crippen LogP contribution is -2.22. The monoisotopic (exact) mass is 335 g/mol. The maximum absolute atomic E-state index is 6.43. The molecule has 0 aliphatic rings. The summed E-state index contributed by atoms with van der Waals surface area (Å²) in [4.78, 5) is 2.12. The highest BCUT2D eigenvalue weighted by atomic mass is 35.5. The number of hydrogen-bond donors (Lipinski definition) is 0. The smallest absolute Gasteiger partial charge is 0.134 e. The molecule has 0 bridgehead atoms. The van der Waals surface area contributed by atoms with Crippen molar-refractivity contribution < 1.29 is 9.05 Å². The van der Waals surface area contributed by atoms with Gasteiger partial charge in [0, 0.05) is 31.3 Å². The van der Waals surface area contributed by atoms with E-state index in [9.17, 15) is 0 Å². The minimum Gasteiger partial charge on any atom is -0.364 e.